The molecule has 0 fully saturated rings. The van der Waals surface area contributed by atoms with Gasteiger partial charge in [-0.3, -0.25) is 9.48 Å². The van der Waals surface area contributed by atoms with Crippen molar-refractivity contribution >= 4 is 31.9 Å². The van der Waals surface area contributed by atoms with Crippen molar-refractivity contribution in [1.29, 1.82) is 0 Å². The Morgan fingerprint density at radius 3 is 2.77 bits per heavy atom. The molecular weight excluding hydrogens is 491 g/mol. The van der Waals surface area contributed by atoms with E-state index in [-0.39, 0.29) is 17.6 Å². The number of hydrogen-bond acceptors (Lipinski definition) is 5. The average Bonchev–Trinajstić information content (AvgIpc) is 3.04. The van der Waals surface area contributed by atoms with Crippen LogP contribution < -0.4 is 4.72 Å². The van der Waals surface area contributed by atoms with Crippen LogP contribution in [-0.4, -0.2) is 30.8 Å². The third-order valence-electron chi connectivity index (χ3n) is 4.65. The molecule has 3 rings (SSSR count). The molecule has 30 heavy (non-hydrogen) atoms. The van der Waals surface area contributed by atoms with Crippen molar-refractivity contribution in [3.05, 3.63) is 45.7 Å². The molecular formula is C18H19BrF3N3O4S. The Morgan fingerprint density at radius 1 is 1.37 bits per heavy atom. The van der Waals surface area contributed by atoms with Gasteiger partial charge in [-0.1, -0.05) is 15.9 Å². The maximum atomic E-state index is 13.1. The van der Waals surface area contributed by atoms with Crippen molar-refractivity contribution in [2.45, 2.75) is 49.8 Å². The third kappa shape index (κ3) is 5.03. The minimum absolute atomic E-state index is 0.00397. The number of aromatic nitrogens is 2. The molecule has 0 aliphatic heterocycles. The van der Waals surface area contributed by atoms with Crippen molar-refractivity contribution < 1.29 is 31.1 Å². The lowest BCUT2D eigenvalue weighted by atomic mass is 9.94. The quantitative estimate of drug-likeness (QED) is 0.601. The summed E-state index contributed by atoms with van der Waals surface area (Å²) >= 11 is 2.94. The molecule has 0 saturated carbocycles. The number of hydrogen-bond donors (Lipinski definition) is 1. The van der Waals surface area contributed by atoms with Gasteiger partial charge < -0.3 is 4.74 Å². The number of carbonyl (C=O) groups excluding carboxylic acids is 1. The lowest BCUT2D eigenvalue weighted by Gasteiger charge is -2.24. The first-order chi connectivity index (χ1) is 14.0. The summed E-state index contributed by atoms with van der Waals surface area (Å²) in [7, 11) is -4.24. The van der Waals surface area contributed by atoms with Gasteiger partial charge in [-0.25, -0.2) is 13.1 Å². The van der Waals surface area contributed by atoms with E-state index < -0.39 is 38.7 Å². The molecule has 1 heterocycles. The largest absolute Gasteiger partial charge is 0.465 e. The van der Waals surface area contributed by atoms with Crippen LogP contribution in [0.3, 0.4) is 0 Å². The fourth-order valence-electron chi connectivity index (χ4n) is 3.34. The Kier molecular flexibility index (Phi) is 6.58. The molecule has 1 N–H and O–H groups in total. The number of alkyl halides is 3. The number of nitrogens with one attached hydrogen (secondary N) is 1. The van der Waals surface area contributed by atoms with E-state index in [2.05, 4.69) is 25.8 Å². The van der Waals surface area contributed by atoms with Crippen molar-refractivity contribution in [2.75, 3.05) is 6.61 Å². The lowest BCUT2D eigenvalue weighted by molar-refractivity contribution is -0.144. The molecule has 2 aromatic rings. The topological polar surface area (TPSA) is 90.3 Å². The maximum absolute atomic E-state index is 13.1. The molecule has 0 amide bonds. The summed E-state index contributed by atoms with van der Waals surface area (Å²) < 4.78 is 73.7. The highest BCUT2D eigenvalue weighted by Crippen LogP contribution is 2.35. The van der Waals surface area contributed by atoms with E-state index in [1.54, 1.807) is 6.92 Å². The summed E-state index contributed by atoms with van der Waals surface area (Å²) in [5.74, 6) is -0.458. The van der Waals surface area contributed by atoms with E-state index in [9.17, 15) is 26.4 Å². The molecule has 1 aromatic carbocycles. The van der Waals surface area contributed by atoms with Crippen LogP contribution >= 0.6 is 15.9 Å². The molecule has 1 atom stereocenters. The van der Waals surface area contributed by atoms with Crippen LogP contribution in [0.1, 0.15) is 42.6 Å². The second kappa shape index (κ2) is 8.67. The first-order valence-corrected chi connectivity index (χ1v) is 11.4. The number of nitrogens with zero attached hydrogens (tertiary/aromatic N) is 2. The van der Waals surface area contributed by atoms with Gasteiger partial charge in [0.05, 0.1) is 29.3 Å². The van der Waals surface area contributed by atoms with Crippen LogP contribution in [-0.2, 0) is 38.7 Å². The van der Waals surface area contributed by atoms with Gasteiger partial charge in [-0.2, -0.15) is 18.3 Å². The highest BCUT2D eigenvalue weighted by molar-refractivity contribution is 9.10. The third-order valence-corrected chi connectivity index (χ3v) is 6.56. The van der Waals surface area contributed by atoms with Gasteiger partial charge >= 0.3 is 12.1 Å². The van der Waals surface area contributed by atoms with Crippen LogP contribution in [0.5, 0.6) is 0 Å². The van der Waals surface area contributed by atoms with Crippen LogP contribution in [0, 0.1) is 0 Å². The normalized spacial score (nSPS) is 16.9. The number of ether oxygens (including phenoxy) is 1. The number of rotatable bonds is 6. The predicted molar refractivity (Wildman–Crippen MR) is 104 cm³/mol. The number of sulfonamides is 1. The van der Waals surface area contributed by atoms with Gasteiger partial charge in [-0.15, -0.1) is 0 Å². The zero-order valence-electron chi connectivity index (χ0n) is 15.9. The Labute approximate surface area is 179 Å². The smallest absolute Gasteiger partial charge is 0.416 e. The van der Waals surface area contributed by atoms with Crippen molar-refractivity contribution in [3.8, 4) is 0 Å². The van der Waals surface area contributed by atoms with Gasteiger partial charge in [0.1, 0.15) is 6.54 Å². The molecule has 0 spiro atoms. The van der Waals surface area contributed by atoms with Crippen molar-refractivity contribution in [1.82, 2.24) is 14.5 Å². The van der Waals surface area contributed by atoms with Crippen LogP contribution in [0.4, 0.5) is 13.2 Å². The Morgan fingerprint density at radius 2 is 2.10 bits per heavy atom. The molecule has 0 bridgehead atoms. The zero-order chi connectivity index (χ0) is 22.1. The number of benzene rings is 1. The summed E-state index contributed by atoms with van der Waals surface area (Å²) in [6.07, 6.45) is -1.52. The van der Waals surface area contributed by atoms with E-state index in [4.69, 9.17) is 4.74 Å². The Hall–Kier alpha value is -1.92. The Balaban J connectivity index is 1.87. The summed E-state index contributed by atoms with van der Waals surface area (Å²) in [6.45, 7) is 1.83. The Bertz CT molecular complexity index is 1050. The van der Waals surface area contributed by atoms with Gasteiger partial charge in [0.15, 0.2) is 0 Å². The van der Waals surface area contributed by atoms with E-state index in [1.165, 1.54) is 10.9 Å². The van der Waals surface area contributed by atoms with E-state index in [0.29, 0.717) is 36.6 Å². The highest BCUT2D eigenvalue weighted by atomic mass is 79.9. The van der Waals surface area contributed by atoms with Gasteiger partial charge in [-0.05, 0) is 44.4 Å². The maximum Gasteiger partial charge on any atom is 0.416 e. The zero-order valence-corrected chi connectivity index (χ0v) is 18.3. The second-order valence-electron chi connectivity index (χ2n) is 6.75. The molecule has 12 heteroatoms. The predicted octanol–water partition coefficient (Wildman–Crippen LogP) is 3.58. The van der Waals surface area contributed by atoms with Crippen LogP contribution in [0.15, 0.2) is 33.8 Å². The SMILES string of the molecule is CCOC(=O)Cn1ncc2c1CCC[C@H]2NS(=O)(=O)c1cc(Br)cc(C(F)(F)F)c1. The standard InChI is InChI=1S/C18H19BrF3N3O4S/c1-2-29-17(26)10-25-16-5-3-4-15(14(16)9-23-25)24-30(27,28)13-7-11(18(20,21)22)6-12(19)8-13/h6-9,15,24H,2-5,10H2,1H3/t15-/m1/s1. The summed E-state index contributed by atoms with van der Waals surface area (Å²) in [5.41, 5.74) is 0.233. The second-order valence-corrected chi connectivity index (χ2v) is 9.38. The number of esters is 1. The number of carbonyl (C=O) groups is 1. The van der Waals surface area contributed by atoms with Gasteiger partial charge in [0, 0.05) is 15.7 Å². The highest BCUT2D eigenvalue weighted by Gasteiger charge is 2.34. The average molecular weight is 510 g/mol. The summed E-state index contributed by atoms with van der Waals surface area (Å²) in [4.78, 5) is 11.3. The van der Waals surface area contributed by atoms with E-state index >= 15 is 0 Å². The fraction of sp³-hybridized carbons (Fsp3) is 0.444. The molecule has 7 nitrogen and oxygen atoms in total. The minimum Gasteiger partial charge on any atom is -0.465 e. The summed E-state index contributed by atoms with van der Waals surface area (Å²) in [5, 5.41) is 4.16. The first kappa shape index (κ1) is 22.8. The lowest BCUT2D eigenvalue weighted by Crippen LogP contribution is -2.31. The van der Waals surface area contributed by atoms with Crippen molar-refractivity contribution in [2.24, 2.45) is 0 Å². The molecule has 1 aliphatic carbocycles. The van der Waals surface area contributed by atoms with Gasteiger partial charge in [0.2, 0.25) is 10.0 Å². The van der Waals surface area contributed by atoms with Crippen molar-refractivity contribution in [3.63, 3.8) is 0 Å². The number of halogens is 4. The minimum atomic E-state index is -4.68. The van der Waals surface area contributed by atoms with Crippen LogP contribution in [0.25, 0.3) is 0 Å². The molecule has 0 saturated heterocycles. The fourth-order valence-corrected chi connectivity index (χ4v) is 5.31. The van der Waals surface area contributed by atoms with Gasteiger partial charge in [0.25, 0.3) is 0 Å². The first-order valence-electron chi connectivity index (χ1n) is 9.11. The number of fused-ring (bicyclic) bond motifs is 1. The van der Waals surface area contributed by atoms with E-state index in [0.717, 1.165) is 12.1 Å². The van der Waals surface area contributed by atoms with Crippen LogP contribution in [0.2, 0.25) is 0 Å². The molecule has 1 aliphatic rings. The molecule has 0 radical (unpaired) electrons. The molecule has 1 aromatic heterocycles. The molecule has 0 unspecified atom stereocenters. The molecule has 164 valence electrons. The van der Waals surface area contributed by atoms with E-state index in [1.807, 2.05) is 0 Å². The monoisotopic (exact) mass is 509 g/mol. The summed E-state index contributed by atoms with van der Waals surface area (Å²) in [6, 6.07) is 1.87.